The van der Waals surface area contributed by atoms with Crippen LogP contribution in [0.15, 0.2) is 30.3 Å². The average Bonchev–Trinajstić information content (AvgIpc) is 3.09. The van der Waals surface area contributed by atoms with Gasteiger partial charge in [0.2, 0.25) is 5.91 Å². The largest absolute Gasteiger partial charge is 0.396 e. The smallest absolute Gasteiger partial charge is 0.270 e. The fourth-order valence-corrected chi connectivity index (χ4v) is 3.01. The number of nitrogens with one attached hydrogen (secondary N) is 2. The Labute approximate surface area is 128 Å². The number of carbonyl (C=O) groups is 2. The van der Waals surface area contributed by atoms with E-state index in [1.54, 1.807) is 4.90 Å². The van der Waals surface area contributed by atoms with E-state index < -0.39 is 0 Å². The molecule has 0 spiro atoms. The predicted molar refractivity (Wildman–Crippen MR) is 82.4 cm³/mol. The van der Waals surface area contributed by atoms with Gasteiger partial charge in [0.25, 0.3) is 5.91 Å². The molecule has 0 saturated carbocycles. The molecule has 0 bridgehead atoms. The summed E-state index contributed by atoms with van der Waals surface area (Å²) >= 11 is 0. The van der Waals surface area contributed by atoms with E-state index >= 15 is 0 Å². The molecule has 1 aromatic heterocycles. The van der Waals surface area contributed by atoms with Gasteiger partial charge in [0.05, 0.1) is 6.04 Å². The molecular weight excluding hydrogens is 282 g/mol. The summed E-state index contributed by atoms with van der Waals surface area (Å²) in [7, 11) is 0. The van der Waals surface area contributed by atoms with Crippen molar-refractivity contribution >= 4 is 22.7 Å². The summed E-state index contributed by atoms with van der Waals surface area (Å²) in [5, 5.41) is 13.2. The summed E-state index contributed by atoms with van der Waals surface area (Å²) < 4.78 is 0. The number of aliphatic hydroxyl groups is 1. The van der Waals surface area contributed by atoms with Crippen LogP contribution in [0.2, 0.25) is 0 Å². The number of aromatic amines is 1. The molecule has 116 valence electrons. The zero-order chi connectivity index (χ0) is 15.7. The Bertz CT molecular complexity index is 676. The minimum atomic E-state index is -0.198. The van der Waals surface area contributed by atoms with Gasteiger partial charge in [0.1, 0.15) is 5.69 Å². The Kier molecular flexibility index (Phi) is 3.85. The molecule has 0 aliphatic carbocycles. The summed E-state index contributed by atoms with van der Waals surface area (Å²) in [6.45, 7) is 2.24. The highest BCUT2D eigenvalue weighted by molar-refractivity contribution is 5.98. The maximum atomic E-state index is 12.6. The van der Waals surface area contributed by atoms with Gasteiger partial charge < -0.3 is 20.3 Å². The Morgan fingerprint density at radius 3 is 2.82 bits per heavy atom. The van der Waals surface area contributed by atoms with Crippen LogP contribution in [0, 0.1) is 5.92 Å². The molecular formula is C16H19N3O3. The zero-order valence-corrected chi connectivity index (χ0v) is 12.4. The summed E-state index contributed by atoms with van der Waals surface area (Å²) in [6.07, 6.45) is 0. The summed E-state index contributed by atoms with van der Waals surface area (Å²) in [6, 6.07) is 9.34. The summed E-state index contributed by atoms with van der Waals surface area (Å²) in [4.78, 5) is 28.6. The summed E-state index contributed by atoms with van der Waals surface area (Å²) in [5.41, 5.74) is 1.45. The van der Waals surface area contributed by atoms with E-state index in [0.29, 0.717) is 18.8 Å². The predicted octanol–water partition coefficient (Wildman–Crippen LogP) is 0.737. The lowest BCUT2D eigenvalue weighted by atomic mass is 10.1. The van der Waals surface area contributed by atoms with E-state index in [0.717, 1.165) is 10.9 Å². The third-order valence-corrected chi connectivity index (χ3v) is 4.11. The number of likely N-dealkylation sites (tertiary alicyclic amines) is 1. The third-order valence-electron chi connectivity index (χ3n) is 4.11. The lowest BCUT2D eigenvalue weighted by molar-refractivity contribution is -0.119. The first-order valence-corrected chi connectivity index (χ1v) is 7.33. The molecule has 2 atom stereocenters. The molecule has 6 heteroatoms. The van der Waals surface area contributed by atoms with Crippen LogP contribution in [0.5, 0.6) is 0 Å². The molecule has 1 saturated heterocycles. The molecule has 2 heterocycles. The van der Waals surface area contributed by atoms with Crippen LogP contribution >= 0.6 is 0 Å². The van der Waals surface area contributed by atoms with Gasteiger partial charge in [0, 0.05) is 43.4 Å². The number of aliphatic hydroxyl groups excluding tert-OH is 1. The average molecular weight is 301 g/mol. The minimum absolute atomic E-state index is 0.0541. The maximum Gasteiger partial charge on any atom is 0.270 e. The van der Waals surface area contributed by atoms with E-state index in [-0.39, 0.29) is 30.4 Å². The van der Waals surface area contributed by atoms with Crippen molar-refractivity contribution in [1.82, 2.24) is 15.2 Å². The van der Waals surface area contributed by atoms with Crippen molar-refractivity contribution in [2.75, 3.05) is 19.7 Å². The second-order valence-electron chi connectivity index (χ2n) is 5.73. The van der Waals surface area contributed by atoms with Crippen LogP contribution in [0.25, 0.3) is 10.9 Å². The molecule has 1 aromatic carbocycles. The van der Waals surface area contributed by atoms with Crippen molar-refractivity contribution < 1.29 is 14.7 Å². The fraction of sp³-hybridized carbons (Fsp3) is 0.375. The Morgan fingerprint density at radius 1 is 1.36 bits per heavy atom. The first kappa shape index (κ1) is 14.6. The number of fused-ring (bicyclic) bond motifs is 1. The van der Waals surface area contributed by atoms with Crippen molar-refractivity contribution in [3.8, 4) is 0 Å². The van der Waals surface area contributed by atoms with Crippen molar-refractivity contribution in [3.05, 3.63) is 36.0 Å². The topological polar surface area (TPSA) is 85.4 Å². The highest BCUT2D eigenvalue weighted by Crippen LogP contribution is 2.21. The molecule has 2 amide bonds. The number of aromatic nitrogens is 1. The zero-order valence-electron chi connectivity index (χ0n) is 12.4. The Hall–Kier alpha value is -2.34. The molecule has 22 heavy (non-hydrogen) atoms. The Balaban J connectivity index is 1.78. The molecule has 1 aliphatic rings. The number of rotatable bonds is 3. The monoisotopic (exact) mass is 301 g/mol. The third kappa shape index (κ3) is 2.69. The van der Waals surface area contributed by atoms with E-state index in [1.807, 2.05) is 30.3 Å². The number of nitrogens with zero attached hydrogens (tertiary/aromatic N) is 1. The number of hydrogen-bond donors (Lipinski definition) is 3. The number of para-hydroxylation sites is 1. The first-order chi connectivity index (χ1) is 10.6. The van der Waals surface area contributed by atoms with Crippen LogP contribution < -0.4 is 5.32 Å². The molecule has 6 nitrogen and oxygen atoms in total. The van der Waals surface area contributed by atoms with Gasteiger partial charge in [-0.1, -0.05) is 18.2 Å². The van der Waals surface area contributed by atoms with Gasteiger partial charge in [-0.15, -0.1) is 0 Å². The van der Waals surface area contributed by atoms with Crippen molar-refractivity contribution in [2.24, 2.45) is 5.92 Å². The second kappa shape index (κ2) is 5.81. The maximum absolute atomic E-state index is 12.6. The van der Waals surface area contributed by atoms with Crippen molar-refractivity contribution in [1.29, 1.82) is 0 Å². The number of amides is 2. The Morgan fingerprint density at radius 2 is 2.14 bits per heavy atom. The van der Waals surface area contributed by atoms with Crippen LogP contribution in [0.3, 0.4) is 0 Å². The van der Waals surface area contributed by atoms with Gasteiger partial charge in [-0.3, -0.25) is 9.59 Å². The SMILES string of the molecule is CC(=O)N[C@@H]1CN(C(=O)c2cc3ccccc3[nH]2)C[C@H]1CO. The highest BCUT2D eigenvalue weighted by Gasteiger charge is 2.36. The molecule has 2 aromatic rings. The van der Waals surface area contributed by atoms with Crippen molar-refractivity contribution in [2.45, 2.75) is 13.0 Å². The highest BCUT2D eigenvalue weighted by atomic mass is 16.3. The van der Waals surface area contributed by atoms with E-state index in [9.17, 15) is 14.7 Å². The molecule has 0 unspecified atom stereocenters. The van der Waals surface area contributed by atoms with Gasteiger partial charge in [-0.2, -0.15) is 0 Å². The van der Waals surface area contributed by atoms with E-state index in [1.165, 1.54) is 6.92 Å². The molecule has 1 fully saturated rings. The summed E-state index contributed by atoms with van der Waals surface area (Å²) in [5.74, 6) is -0.386. The normalized spacial score (nSPS) is 21.3. The van der Waals surface area contributed by atoms with Crippen LogP contribution in [0.4, 0.5) is 0 Å². The molecule has 1 aliphatic heterocycles. The lowest BCUT2D eigenvalue weighted by Gasteiger charge is -2.16. The number of carbonyl (C=O) groups excluding carboxylic acids is 2. The van der Waals surface area contributed by atoms with Crippen LogP contribution in [0.1, 0.15) is 17.4 Å². The number of benzene rings is 1. The van der Waals surface area contributed by atoms with Crippen LogP contribution in [-0.4, -0.2) is 52.5 Å². The molecule has 3 N–H and O–H groups in total. The number of hydrogen-bond acceptors (Lipinski definition) is 3. The lowest BCUT2D eigenvalue weighted by Crippen LogP contribution is -2.40. The van der Waals surface area contributed by atoms with Gasteiger partial charge in [0.15, 0.2) is 0 Å². The van der Waals surface area contributed by atoms with Crippen molar-refractivity contribution in [3.63, 3.8) is 0 Å². The van der Waals surface area contributed by atoms with E-state index in [4.69, 9.17) is 0 Å². The molecule has 0 radical (unpaired) electrons. The van der Waals surface area contributed by atoms with Crippen LogP contribution in [-0.2, 0) is 4.79 Å². The van der Waals surface area contributed by atoms with Gasteiger partial charge in [-0.25, -0.2) is 0 Å². The standard InChI is InChI=1S/C16H19N3O3/c1-10(21)17-15-8-19(7-12(15)9-20)16(22)14-6-11-4-2-3-5-13(11)18-14/h2-6,12,15,18,20H,7-9H2,1H3,(H,17,21)/t12-,15+/m0/s1. The fourth-order valence-electron chi connectivity index (χ4n) is 3.01. The minimum Gasteiger partial charge on any atom is -0.396 e. The second-order valence-corrected chi connectivity index (χ2v) is 5.73. The number of H-pyrrole nitrogens is 1. The van der Waals surface area contributed by atoms with Gasteiger partial charge >= 0.3 is 0 Å². The quantitative estimate of drug-likeness (QED) is 0.781. The van der Waals surface area contributed by atoms with E-state index in [2.05, 4.69) is 10.3 Å². The first-order valence-electron chi connectivity index (χ1n) is 7.33. The molecule has 3 rings (SSSR count). The van der Waals surface area contributed by atoms with Gasteiger partial charge in [-0.05, 0) is 12.1 Å².